The molecular weight excluding hydrogens is 751 g/mol. The van der Waals surface area contributed by atoms with Crippen molar-refractivity contribution in [3.05, 3.63) is 157 Å². The maximum Gasteiger partial charge on any atom is 0.256 e. The number of hydrogen-bond donors (Lipinski definition) is 0. The Bertz CT molecular complexity index is 2760. The lowest BCUT2D eigenvalue weighted by Gasteiger charge is -2.42. The van der Waals surface area contributed by atoms with Crippen LogP contribution in [-0.2, 0) is 27.1 Å². The number of hydrogen-bond acceptors (Lipinski definition) is 1. The van der Waals surface area contributed by atoms with Gasteiger partial charge in [0.2, 0.25) is 0 Å². The monoisotopic (exact) mass is 810 g/mol. The van der Waals surface area contributed by atoms with E-state index in [2.05, 4.69) is 193 Å². The van der Waals surface area contributed by atoms with E-state index in [1.165, 1.54) is 111 Å². The Labute approximate surface area is 363 Å². The third-order valence-corrected chi connectivity index (χ3v) is 15.4. The van der Waals surface area contributed by atoms with Gasteiger partial charge in [-0.3, -0.25) is 0 Å². The molecular formula is C56H60BClS. The van der Waals surface area contributed by atoms with Gasteiger partial charge >= 0.3 is 0 Å². The molecule has 0 saturated carbocycles. The van der Waals surface area contributed by atoms with Crippen LogP contribution in [0.15, 0.2) is 91.0 Å². The zero-order valence-electron chi connectivity index (χ0n) is 37.6. The Hall–Kier alpha value is -4.11. The van der Waals surface area contributed by atoms with Crippen LogP contribution >= 0.6 is 22.9 Å². The predicted octanol–water partition coefficient (Wildman–Crippen LogP) is 14.1. The number of rotatable bonds is 2. The highest BCUT2D eigenvalue weighted by molar-refractivity contribution is 7.32. The van der Waals surface area contributed by atoms with Crippen molar-refractivity contribution in [3.63, 3.8) is 0 Å². The molecule has 1 aliphatic carbocycles. The second-order valence-electron chi connectivity index (χ2n) is 22.3. The highest BCUT2D eigenvalue weighted by Crippen LogP contribution is 2.50. The van der Waals surface area contributed by atoms with Gasteiger partial charge in [0.15, 0.2) is 0 Å². The highest BCUT2D eigenvalue weighted by Gasteiger charge is 2.43. The van der Waals surface area contributed by atoms with Crippen LogP contribution in [0.3, 0.4) is 0 Å². The van der Waals surface area contributed by atoms with Crippen LogP contribution in [0.1, 0.15) is 164 Å². The molecule has 2 aliphatic heterocycles. The number of fused-ring (bicyclic) bond motifs is 7. The van der Waals surface area contributed by atoms with E-state index in [1.807, 2.05) is 11.3 Å². The summed E-state index contributed by atoms with van der Waals surface area (Å²) < 4.78 is 2.83. The van der Waals surface area contributed by atoms with Crippen LogP contribution in [0, 0.1) is 0 Å². The molecule has 0 N–H and O–H groups in total. The molecule has 5 aromatic carbocycles. The molecule has 0 bridgehead atoms. The average molecular weight is 811 g/mol. The molecule has 6 aromatic rings. The second-order valence-corrected chi connectivity index (χ2v) is 23.8. The molecule has 0 fully saturated rings. The van der Waals surface area contributed by atoms with Crippen LogP contribution in [0.5, 0.6) is 0 Å². The Morgan fingerprint density at radius 3 is 1.90 bits per heavy atom. The van der Waals surface area contributed by atoms with E-state index in [0.29, 0.717) is 0 Å². The van der Waals surface area contributed by atoms with E-state index >= 15 is 0 Å². The van der Waals surface area contributed by atoms with Gasteiger partial charge in [-0.1, -0.05) is 179 Å². The first-order chi connectivity index (χ1) is 27.5. The maximum atomic E-state index is 7.30. The fourth-order valence-corrected chi connectivity index (χ4v) is 11.7. The van der Waals surface area contributed by atoms with Gasteiger partial charge < -0.3 is 0 Å². The molecule has 3 heteroatoms. The zero-order valence-corrected chi connectivity index (χ0v) is 39.2. The Morgan fingerprint density at radius 1 is 0.644 bits per heavy atom. The zero-order chi connectivity index (χ0) is 42.2. The largest absolute Gasteiger partial charge is 0.256 e. The Balaban J connectivity index is 1.41. The summed E-state index contributed by atoms with van der Waals surface area (Å²) in [5, 5.41) is 2.16. The molecule has 300 valence electrons. The van der Waals surface area contributed by atoms with Gasteiger partial charge in [0, 0.05) is 15.1 Å². The fraction of sp³-hybridized carbons (Fsp3) is 0.357. The summed E-state index contributed by atoms with van der Waals surface area (Å²) in [6, 6.07) is 35.6. The van der Waals surface area contributed by atoms with E-state index in [-0.39, 0.29) is 33.8 Å². The van der Waals surface area contributed by atoms with Crippen molar-refractivity contribution in [1.82, 2.24) is 0 Å². The molecule has 9 rings (SSSR count). The van der Waals surface area contributed by atoms with Crippen molar-refractivity contribution >= 4 is 78.7 Å². The summed E-state index contributed by atoms with van der Waals surface area (Å²) in [6.45, 7) is 30.7. The third kappa shape index (κ3) is 6.82. The second kappa shape index (κ2) is 13.4. The van der Waals surface area contributed by atoms with Crippen LogP contribution in [0.2, 0.25) is 5.02 Å². The first-order valence-corrected chi connectivity index (χ1v) is 23.0. The lowest BCUT2D eigenvalue weighted by Crippen LogP contribution is -2.57. The maximum absolute atomic E-state index is 7.30. The van der Waals surface area contributed by atoms with Gasteiger partial charge in [0.25, 0.3) is 6.71 Å². The van der Waals surface area contributed by atoms with Gasteiger partial charge in [-0.25, -0.2) is 0 Å². The first kappa shape index (κ1) is 40.3. The summed E-state index contributed by atoms with van der Waals surface area (Å²) in [5.41, 5.74) is 20.3. The molecule has 3 aliphatic rings. The lowest BCUT2D eigenvalue weighted by atomic mass is 9.34. The molecule has 0 amide bonds. The predicted molar refractivity (Wildman–Crippen MR) is 263 cm³/mol. The number of benzene rings is 5. The molecule has 0 spiro atoms. The van der Waals surface area contributed by atoms with E-state index in [1.54, 1.807) is 0 Å². The average Bonchev–Trinajstić information content (AvgIpc) is 3.45. The molecule has 0 radical (unpaired) electrons. The topological polar surface area (TPSA) is 0 Å². The van der Waals surface area contributed by atoms with Crippen molar-refractivity contribution < 1.29 is 0 Å². The third-order valence-electron chi connectivity index (χ3n) is 13.9. The minimum absolute atomic E-state index is 0.00902. The summed E-state index contributed by atoms with van der Waals surface area (Å²) >= 11 is 9.32. The lowest BCUT2D eigenvalue weighted by molar-refractivity contribution is 0.332. The first-order valence-electron chi connectivity index (χ1n) is 21.8. The van der Waals surface area contributed by atoms with Crippen LogP contribution in [0.4, 0.5) is 0 Å². The highest BCUT2D eigenvalue weighted by atomic mass is 35.5. The number of thiophene rings is 1. The quantitative estimate of drug-likeness (QED) is 0.153. The minimum Gasteiger partial charge on any atom is -0.149 e. The van der Waals surface area contributed by atoms with E-state index < -0.39 is 0 Å². The van der Waals surface area contributed by atoms with Crippen molar-refractivity contribution in [1.29, 1.82) is 0 Å². The van der Waals surface area contributed by atoms with E-state index in [9.17, 15) is 0 Å². The fourth-order valence-electron chi connectivity index (χ4n) is 10.1. The van der Waals surface area contributed by atoms with Gasteiger partial charge in [0.05, 0.1) is 0 Å². The van der Waals surface area contributed by atoms with Crippen LogP contribution in [0.25, 0.3) is 33.4 Å². The molecule has 0 saturated heterocycles. The van der Waals surface area contributed by atoms with Crippen molar-refractivity contribution in [2.45, 2.75) is 130 Å². The summed E-state index contributed by atoms with van der Waals surface area (Å²) in [6.07, 6.45) is 7.32. The van der Waals surface area contributed by atoms with Gasteiger partial charge in [-0.05, 0) is 153 Å². The summed E-state index contributed by atoms with van der Waals surface area (Å²) in [7, 11) is 0. The molecule has 0 nitrogen and oxygen atoms in total. The molecule has 0 unspecified atom stereocenters. The molecule has 59 heavy (non-hydrogen) atoms. The molecule has 3 heterocycles. The minimum atomic E-state index is -0.00902. The van der Waals surface area contributed by atoms with Gasteiger partial charge in [0.1, 0.15) is 0 Å². The van der Waals surface area contributed by atoms with Crippen molar-refractivity contribution in [2.24, 2.45) is 0 Å². The molecule has 1 aromatic heterocycles. The van der Waals surface area contributed by atoms with Gasteiger partial charge in [-0.15, -0.1) is 11.3 Å². The Morgan fingerprint density at radius 2 is 1.25 bits per heavy atom. The number of halogens is 1. The standard InChI is InChI=1S/C56H60BClS/c1-52(2,3)36-19-17-34(18-20-36)40-28-35-27-39(58)30-43-41(26-33-15-14-16-37(25-33)53(4,5)6)42-29-38(54(7,8)9)21-22-47(42)57(50(35)43)51-49(40)44-31-45-46(32-48(44)59-51)56(12,13)24-23-55(45,10)11/h14-22,25-32H,23-24H2,1-13H3/b41-26+. The summed E-state index contributed by atoms with van der Waals surface area (Å²) in [4.78, 5) is 0. The molecule has 0 atom stereocenters. The van der Waals surface area contributed by atoms with E-state index in [0.717, 1.165) is 5.02 Å². The van der Waals surface area contributed by atoms with Gasteiger partial charge in [-0.2, -0.15) is 0 Å². The van der Waals surface area contributed by atoms with Crippen molar-refractivity contribution in [2.75, 3.05) is 0 Å². The normalized spacial score (nSPS) is 17.6. The smallest absolute Gasteiger partial charge is 0.149 e. The van der Waals surface area contributed by atoms with Crippen molar-refractivity contribution in [3.8, 4) is 0 Å². The van der Waals surface area contributed by atoms with Crippen LogP contribution in [-0.4, -0.2) is 6.71 Å². The summed E-state index contributed by atoms with van der Waals surface area (Å²) in [5.74, 6) is 0. The Kier molecular flexibility index (Phi) is 9.19. The van der Waals surface area contributed by atoms with Crippen LogP contribution < -0.4 is 15.7 Å². The van der Waals surface area contributed by atoms with E-state index in [4.69, 9.17) is 11.6 Å². The SMILES string of the molecule is CC(C)(C)c1ccc(C2=Cc3cc(Cl)cc4c3B(c3ccc(C(C)(C)C)cc3/C4=C\c3cccc(C(C)(C)C)c3)c3sc4cc5c(cc4c32)C(C)(C)CCC5(C)C)cc1.